The van der Waals surface area contributed by atoms with Crippen molar-refractivity contribution >= 4 is 38.9 Å². The molecule has 0 fully saturated rings. The van der Waals surface area contributed by atoms with Gasteiger partial charge < -0.3 is 18.9 Å². The second-order valence-corrected chi connectivity index (χ2v) is 24.4. The second kappa shape index (κ2) is 16.6. The summed E-state index contributed by atoms with van der Waals surface area (Å²) >= 11 is 0. The fourth-order valence-electron chi connectivity index (χ4n) is 14.4. The van der Waals surface area contributed by atoms with Gasteiger partial charge in [-0.15, -0.1) is 0 Å². The normalized spacial score (nSPS) is 14.5. The quantitative estimate of drug-likeness (QED) is 0.176. The zero-order valence-corrected chi connectivity index (χ0v) is 45.8. The Kier molecular flexibility index (Phi) is 9.68. The number of benzene rings is 11. The third-order valence-electron chi connectivity index (χ3n) is 18.0. The van der Waals surface area contributed by atoms with Crippen molar-refractivity contribution in [1.29, 1.82) is 0 Å². The van der Waals surface area contributed by atoms with E-state index in [1.165, 1.54) is 66.4 Å². The molecule has 2 aliphatic heterocycles. The molecular weight excluding hydrogens is 973 g/mol. The minimum absolute atomic E-state index is 0.117. The number of ether oxygens (including phenoxy) is 2. The molecule has 384 valence electrons. The molecule has 0 N–H and O–H groups in total. The van der Waals surface area contributed by atoms with Gasteiger partial charge in [-0.25, -0.2) is 0 Å². The number of para-hydroxylation sites is 5. The van der Waals surface area contributed by atoms with Gasteiger partial charge in [0.15, 0.2) is 0 Å². The number of hydrogen-bond acceptors (Lipinski definition) is 3. The summed E-state index contributed by atoms with van der Waals surface area (Å²) in [6.07, 6.45) is 0. The Hall–Kier alpha value is -9.38. The number of nitrogens with zero attached hydrogens (tertiary/aromatic N) is 2. The Morgan fingerprint density at radius 2 is 0.713 bits per heavy atom. The molecule has 0 unspecified atom stereocenters. The summed E-state index contributed by atoms with van der Waals surface area (Å²) in [5, 5.41) is 2.43. The van der Waals surface area contributed by atoms with Crippen molar-refractivity contribution in [2.45, 2.75) is 63.2 Å². The third kappa shape index (κ3) is 6.27. The van der Waals surface area contributed by atoms with E-state index in [1.807, 2.05) is 0 Å². The van der Waals surface area contributed by atoms with Gasteiger partial charge >= 0.3 is 0 Å². The highest BCUT2D eigenvalue weighted by Crippen LogP contribution is 2.65. The SMILES string of the molecule is CC(C)(C)c1ccc2c(c1)C1(c3cc(C(C)(C)C)ccc3O2)c2ccccc2-c2ccc(N(c3ccc4c(c3)C3(c5ccccc5O4)c4ccccc4-c4ccccc43)c3ccccc3-n3c4ccccc4c4ccccc43)cc21. The van der Waals surface area contributed by atoms with Crippen LogP contribution in [0.2, 0.25) is 0 Å². The molecule has 0 radical (unpaired) electrons. The van der Waals surface area contributed by atoms with Crippen molar-refractivity contribution in [2.24, 2.45) is 0 Å². The molecule has 80 heavy (non-hydrogen) atoms. The van der Waals surface area contributed by atoms with Crippen LogP contribution < -0.4 is 14.4 Å². The smallest absolute Gasteiger partial charge is 0.132 e. The Morgan fingerprint density at radius 3 is 1.26 bits per heavy atom. The average molecular weight is 1030 g/mol. The van der Waals surface area contributed by atoms with Crippen LogP contribution in [0.3, 0.4) is 0 Å². The second-order valence-electron chi connectivity index (χ2n) is 24.4. The molecule has 0 saturated heterocycles. The Bertz CT molecular complexity index is 4440. The van der Waals surface area contributed by atoms with Crippen LogP contribution in [0.5, 0.6) is 23.0 Å². The average Bonchev–Trinajstić information content (AvgIpc) is 4.19. The number of hydrogen-bond donors (Lipinski definition) is 0. The first-order valence-corrected chi connectivity index (χ1v) is 28.2. The third-order valence-corrected chi connectivity index (χ3v) is 18.0. The molecule has 12 aromatic rings. The Morgan fingerprint density at radius 1 is 0.325 bits per heavy atom. The van der Waals surface area contributed by atoms with Gasteiger partial charge in [0, 0.05) is 44.4 Å². The zero-order valence-electron chi connectivity index (χ0n) is 45.8. The van der Waals surface area contributed by atoms with E-state index >= 15 is 0 Å². The first kappa shape index (κ1) is 46.7. The molecule has 0 bridgehead atoms. The van der Waals surface area contributed by atoms with Crippen LogP contribution >= 0.6 is 0 Å². The highest BCUT2D eigenvalue weighted by atomic mass is 16.5. The first-order chi connectivity index (χ1) is 38.9. The van der Waals surface area contributed by atoms with E-state index < -0.39 is 10.8 Å². The van der Waals surface area contributed by atoms with E-state index in [-0.39, 0.29) is 10.8 Å². The molecule has 0 amide bonds. The molecule has 16 rings (SSSR count). The van der Waals surface area contributed by atoms with Crippen LogP contribution in [0.25, 0.3) is 49.7 Å². The van der Waals surface area contributed by atoms with Crippen LogP contribution in [0, 0.1) is 0 Å². The summed E-state index contributed by atoms with van der Waals surface area (Å²) in [7, 11) is 0. The molecule has 0 saturated carbocycles. The fourth-order valence-corrected chi connectivity index (χ4v) is 14.4. The number of aromatic nitrogens is 1. The summed E-state index contributed by atoms with van der Waals surface area (Å²) < 4.78 is 16.7. The monoisotopic (exact) mass is 1030 g/mol. The topological polar surface area (TPSA) is 26.6 Å². The standard InChI is InChI=1S/C76H58N2O2/c1-73(2,3)47-35-40-70-62(43-47)76(63-44-48(74(4,5)6)36-41-71(63)80-70)59-28-14-9-23-53(59)54-39-37-49(45-61(54)76)77(67-32-18-19-33-68(67)78-65-30-16-10-24-55(65)56-25-11-17-31-66(56)78)50-38-42-72-64(46-50)75(60-29-15-20-34-69(60)79-72)57-26-12-7-21-51(57)52-22-8-13-27-58(52)75/h7-46H,1-6H3. The predicted molar refractivity (Wildman–Crippen MR) is 328 cm³/mol. The number of fused-ring (bicyclic) bond motifs is 21. The number of anilines is 3. The Labute approximate surface area is 467 Å². The minimum atomic E-state index is -0.736. The van der Waals surface area contributed by atoms with Gasteiger partial charge in [-0.3, -0.25) is 0 Å². The number of rotatable bonds is 4. The van der Waals surface area contributed by atoms with Crippen LogP contribution in [0.1, 0.15) is 97.2 Å². The van der Waals surface area contributed by atoms with Crippen LogP contribution in [-0.2, 0) is 21.7 Å². The maximum atomic E-state index is 7.12. The van der Waals surface area contributed by atoms with E-state index in [1.54, 1.807) is 0 Å². The summed E-state index contributed by atoms with van der Waals surface area (Å²) in [6, 6.07) is 90.5. The highest BCUT2D eigenvalue weighted by Gasteiger charge is 2.53. The van der Waals surface area contributed by atoms with Crippen molar-refractivity contribution in [1.82, 2.24) is 4.57 Å². The largest absolute Gasteiger partial charge is 0.457 e. The maximum Gasteiger partial charge on any atom is 0.132 e. The Balaban J connectivity index is 1.02. The molecule has 2 aliphatic carbocycles. The molecule has 1 aromatic heterocycles. The van der Waals surface area contributed by atoms with E-state index in [4.69, 9.17) is 9.47 Å². The molecular formula is C76H58N2O2. The maximum absolute atomic E-state index is 7.12. The van der Waals surface area contributed by atoms with Gasteiger partial charge in [-0.1, -0.05) is 199 Å². The van der Waals surface area contributed by atoms with Crippen molar-refractivity contribution in [3.8, 4) is 50.9 Å². The zero-order chi connectivity index (χ0) is 53.9. The molecule has 0 atom stereocenters. The van der Waals surface area contributed by atoms with Crippen LogP contribution in [0.4, 0.5) is 17.1 Å². The summed E-state index contributed by atoms with van der Waals surface area (Å²) in [6.45, 7) is 13.9. The van der Waals surface area contributed by atoms with E-state index in [2.05, 4.69) is 294 Å². The lowest BCUT2D eigenvalue weighted by atomic mass is 9.64. The summed E-state index contributed by atoms with van der Waals surface area (Å²) in [5.41, 5.74) is 21.9. The molecule has 3 heterocycles. The van der Waals surface area contributed by atoms with Gasteiger partial charge in [-0.05, 0) is 151 Å². The van der Waals surface area contributed by atoms with Crippen molar-refractivity contribution in [3.63, 3.8) is 0 Å². The highest BCUT2D eigenvalue weighted by molar-refractivity contribution is 6.10. The van der Waals surface area contributed by atoms with Crippen molar-refractivity contribution < 1.29 is 9.47 Å². The van der Waals surface area contributed by atoms with Gasteiger partial charge in [0.25, 0.3) is 0 Å². The molecule has 2 spiro atoms. The van der Waals surface area contributed by atoms with Gasteiger partial charge in [0.05, 0.1) is 33.2 Å². The lowest BCUT2D eigenvalue weighted by molar-refractivity contribution is 0.433. The van der Waals surface area contributed by atoms with Crippen LogP contribution in [-0.4, -0.2) is 4.57 Å². The molecule has 4 aliphatic rings. The van der Waals surface area contributed by atoms with Crippen LogP contribution in [0.15, 0.2) is 243 Å². The summed E-state index contributed by atoms with van der Waals surface area (Å²) in [5.74, 6) is 3.48. The van der Waals surface area contributed by atoms with Crippen molar-refractivity contribution in [3.05, 3.63) is 298 Å². The van der Waals surface area contributed by atoms with E-state index in [0.717, 1.165) is 79.0 Å². The minimum Gasteiger partial charge on any atom is -0.457 e. The van der Waals surface area contributed by atoms with E-state index in [0.29, 0.717) is 0 Å². The molecule has 4 nitrogen and oxygen atoms in total. The van der Waals surface area contributed by atoms with Crippen molar-refractivity contribution in [2.75, 3.05) is 4.90 Å². The van der Waals surface area contributed by atoms with Gasteiger partial charge in [0.2, 0.25) is 0 Å². The van der Waals surface area contributed by atoms with Gasteiger partial charge in [0.1, 0.15) is 23.0 Å². The summed E-state index contributed by atoms with van der Waals surface area (Å²) in [4.78, 5) is 2.52. The van der Waals surface area contributed by atoms with Gasteiger partial charge in [-0.2, -0.15) is 0 Å². The predicted octanol–water partition coefficient (Wildman–Crippen LogP) is 19.8. The molecule has 4 heteroatoms. The fraction of sp³-hybridized carbons (Fsp3) is 0.132. The molecule has 11 aromatic carbocycles. The lowest BCUT2D eigenvalue weighted by Gasteiger charge is -2.41. The first-order valence-electron chi connectivity index (χ1n) is 28.2. The lowest BCUT2D eigenvalue weighted by Crippen LogP contribution is -2.33. The van der Waals surface area contributed by atoms with E-state index in [9.17, 15) is 0 Å².